The molecule has 0 fully saturated rings. The lowest BCUT2D eigenvalue weighted by Gasteiger charge is -2.31. The third-order valence-corrected chi connectivity index (χ3v) is 2.69. The van der Waals surface area contributed by atoms with Gasteiger partial charge in [-0.2, -0.15) is 5.26 Å². The molecule has 5 heteroatoms. The van der Waals surface area contributed by atoms with Crippen molar-refractivity contribution in [3.05, 3.63) is 29.3 Å². The number of nitriles is 1. The topological polar surface area (TPSA) is 96.5 Å². The van der Waals surface area contributed by atoms with Gasteiger partial charge in [0.15, 0.2) is 0 Å². The monoisotopic (exact) mass is 236 g/mol. The number of hydrogen-bond donors (Lipinski definition) is 4. The number of nitrogens with zero attached hydrogens (tertiary/aromatic N) is 1. The van der Waals surface area contributed by atoms with E-state index in [9.17, 15) is 15.3 Å². The Morgan fingerprint density at radius 3 is 2.29 bits per heavy atom. The third kappa shape index (κ3) is 2.74. The Morgan fingerprint density at radius 2 is 1.82 bits per heavy atom. The van der Waals surface area contributed by atoms with Gasteiger partial charge in [-0.15, -0.1) is 0 Å². The molecular weight excluding hydrogens is 220 g/mol. The number of benzene rings is 1. The lowest BCUT2D eigenvalue weighted by atomic mass is 10.00. The molecule has 0 heterocycles. The number of aliphatic hydroxyl groups is 3. The number of aryl methyl sites for hydroxylation is 1. The molecule has 4 N–H and O–H groups in total. The van der Waals surface area contributed by atoms with Crippen LogP contribution in [0.5, 0.6) is 0 Å². The van der Waals surface area contributed by atoms with Gasteiger partial charge < -0.3 is 20.6 Å². The molecule has 0 amide bonds. The van der Waals surface area contributed by atoms with Crippen molar-refractivity contribution in [2.45, 2.75) is 12.5 Å². The molecule has 92 valence electrons. The summed E-state index contributed by atoms with van der Waals surface area (Å²) < 4.78 is 0. The first kappa shape index (κ1) is 13.5. The van der Waals surface area contributed by atoms with Crippen molar-refractivity contribution in [1.29, 1.82) is 5.26 Å². The van der Waals surface area contributed by atoms with Gasteiger partial charge in [-0.1, -0.05) is 12.1 Å². The van der Waals surface area contributed by atoms with Crippen molar-refractivity contribution < 1.29 is 15.3 Å². The summed E-state index contributed by atoms with van der Waals surface area (Å²) in [5, 5.41) is 39.5. The number of hydrogen-bond acceptors (Lipinski definition) is 5. The Balaban J connectivity index is 3.14. The second kappa shape index (κ2) is 5.64. The van der Waals surface area contributed by atoms with E-state index >= 15 is 0 Å². The molecule has 1 rings (SSSR count). The molecule has 0 unspecified atom stereocenters. The molecule has 0 spiro atoms. The predicted octanol–water partition coefficient (Wildman–Crippen LogP) is -0.00570. The van der Waals surface area contributed by atoms with Crippen LogP contribution in [0, 0.1) is 18.3 Å². The molecule has 0 aliphatic heterocycles. The zero-order valence-corrected chi connectivity index (χ0v) is 9.64. The van der Waals surface area contributed by atoms with Gasteiger partial charge in [0.05, 0.1) is 31.1 Å². The van der Waals surface area contributed by atoms with Crippen LogP contribution in [-0.4, -0.2) is 40.7 Å². The van der Waals surface area contributed by atoms with E-state index in [4.69, 9.17) is 5.26 Å². The Morgan fingerprint density at radius 1 is 1.24 bits per heavy atom. The third-order valence-electron chi connectivity index (χ3n) is 2.69. The van der Waals surface area contributed by atoms with Crippen molar-refractivity contribution in [2.75, 3.05) is 25.1 Å². The van der Waals surface area contributed by atoms with E-state index in [0.29, 0.717) is 11.3 Å². The largest absolute Gasteiger partial charge is 0.394 e. The highest BCUT2D eigenvalue weighted by atomic mass is 16.3. The van der Waals surface area contributed by atoms with Crippen molar-refractivity contribution in [3.63, 3.8) is 0 Å². The maximum absolute atomic E-state index is 9.23. The van der Waals surface area contributed by atoms with E-state index < -0.39 is 25.4 Å². The molecule has 0 aliphatic rings. The van der Waals surface area contributed by atoms with Crippen LogP contribution in [0.15, 0.2) is 18.2 Å². The van der Waals surface area contributed by atoms with Crippen LogP contribution in [0.3, 0.4) is 0 Å². The standard InChI is InChI=1S/C12H16N2O3/c1-9-3-2-4-10(5-13)11(9)14-12(6-15,7-16)8-17/h2-4,14-17H,6-8H2,1H3. The molecule has 5 nitrogen and oxygen atoms in total. The highest BCUT2D eigenvalue weighted by Crippen LogP contribution is 2.23. The van der Waals surface area contributed by atoms with Gasteiger partial charge in [0.25, 0.3) is 0 Å². The Hall–Kier alpha value is -1.61. The number of rotatable bonds is 5. The van der Waals surface area contributed by atoms with E-state index in [0.717, 1.165) is 5.56 Å². The van der Waals surface area contributed by atoms with Crippen LogP contribution in [-0.2, 0) is 0 Å². The SMILES string of the molecule is Cc1cccc(C#N)c1NC(CO)(CO)CO. The van der Waals surface area contributed by atoms with E-state index in [1.54, 1.807) is 25.1 Å². The van der Waals surface area contributed by atoms with E-state index in [1.807, 2.05) is 6.07 Å². The first-order chi connectivity index (χ1) is 8.12. The summed E-state index contributed by atoms with van der Waals surface area (Å²) in [5.41, 5.74) is 0.512. The average Bonchev–Trinajstić information content (AvgIpc) is 2.38. The van der Waals surface area contributed by atoms with E-state index in [2.05, 4.69) is 5.32 Å². The Labute approximate surface area is 99.9 Å². The maximum atomic E-state index is 9.23. The van der Waals surface area contributed by atoms with Gasteiger partial charge in [0.2, 0.25) is 0 Å². The fourth-order valence-electron chi connectivity index (χ4n) is 1.46. The summed E-state index contributed by atoms with van der Waals surface area (Å²) in [6.45, 7) is 0.512. The zero-order chi connectivity index (χ0) is 12.9. The highest BCUT2D eigenvalue weighted by molar-refractivity contribution is 5.63. The lowest BCUT2D eigenvalue weighted by molar-refractivity contribution is 0.0833. The Kier molecular flexibility index (Phi) is 4.46. The van der Waals surface area contributed by atoms with Crippen molar-refractivity contribution in [2.24, 2.45) is 0 Å². The molecule has 0 bridgehead atoms. The minimum Gasteiger partial charge on any atom is -0.394 e. The van der Waals surface area contributed by atoms with Crippen LogP contribution in [0.1, 0.15) is 11.1 Å². The maximum Gasteiger partial charge on any atom is 0.107 e. The van der Waals surface area contributed by atoms with Gasteiger partial charge in [-0.05, 0) is 18.6 Å². The van der Waals surface area contributed by atoms with Crippen LogP contribution < -0.4 is 5.32 Å². The summed E-state index contributed by atoms with van der Waals surface area (Å²) in [5.74, 6) is 0. The molecule has 0 aromatic heterocycles. The fourth-order valence-corrected chi connectivity index (χ4v) is 1.46. The molecule has 1 aromatic rings. The van der Waals surface area contributed by atoms with Crippen molar-refractivity contribution in [1.82, 2.24) is 0 Å². The first-order valence-electron chi connectivity index (χ1n) is 5.23. The summed E-state index contributed by atoms with van der Waals surface area (Å²) >= 11 is 0. The molecule has 1 aromatic carbocycles. The first-order valence-corrected chi connectivity index (χ1v) is 5.23. The fraction of sp³-hybridized carbons (Fsp3) is 0.417. The summed E-state index contributed by atoms with van der Waals surface area (Å²) in [7, 11) is 0. The predicted molar refractivity (Wildman–Crippen MR) is 63.5 cm³/mol. The molecule has 0 saturated carbocycles. The molecule has 17 heavy (non-hydrogen) atoms. The van der Waals surface area contributed by atoms with Gasteiger partial charge in [-0.25, -0.2) is 0 Å². The van der Waals surface area contributed by atoms with E-state index in [-0.39, 0.29) is 0 Å². The lowest BCUT2D eigenvalue weighted by Crippen LogP contribution is -2.49. The highest BCUT2D eigenvalue weighted by Gasteiger charge is 2.29. The summed E-state index contributed by atoms with van der Waals surface area (Å²) in [4.78, 5) is 0. The smallest absolute Gasteiger partial charge is 0.107 e. The van der Waals surface area contributed by atoms with Crippen LogP contribution >= 0.6 is 0 Å². The van der Waals surface area contributed by atoms with E-state index in [1.165, 1.54) is 0 Å². The summed E-state index contributed by atoms with van der Waals surface area (Å²) in [6, 6.07) is 7.21. The number of nitrogens with one attached hydrogen (secondary N) is 1. The van der Waals surface area contributed by atoms with Crippen LogP contribution in [0.25, 0.3) is 0 Å². The minimum atomic E-state index is -1.22. The van der Waals surface area contributed by atoms with Gasteiger partial charge in [-0.3, -0.25) is 0 Å². The second-order valence-electron chi connectivity index (χ2n) is 3.99. The summed E-state index contributed by atoms with van der Waals surface area (Å²) in [6.07, 6.45) is 0. The molecule has 0 atom stereocenters. The normalized spacial score (nSPS) is 11.0. The van der Waals surface area contributed by atoms with Gasteiger partial charge in [0, 0.05) is 0 Å². The number of aliphatic hydroxyl groups excluding tert-OH is 3. The zero-order valence-electron chi connectivity index (χ0n) is 9.64. The van der Waals surface area contributed by atoms with Crippen molar-refractivity contribution >= 4 is 5.69 Å². The molecule has 0 aliphatic carbocycles. The van der Waals surface area contributed by atoms with Gasteiger partial charge >= 0.3 is 0 Å². The Bertz CT molecular complexity index is 414. The second-order valence-corrected chi connectivity index (χ2v) is 3.99. The average molecular weight is 236 g/mol. The molecule has 0 radical (unpaired) electrons. The van der Waals surface area contributed by atoms with Crippen LogP contribution in [0.2, 0.25) is 0 Å². The molecule has 0 saturated heterocycles. The van der Waals surface area contributed by atoms with Crippen molar-refractivity contribution in [3.8, 4) is 6.07 Å². The number of anilines is 1. The minimum absolute atomic E-state index is 0.407. The van der Waals surface area contributed by atoms with Crippen LogP contribution in [0.4, 0.5) is 5.69 Å². The quantitative estimate of drug-likeness (QED) is 0.577. The van der Waals surface area contributed by atoms with Gasteiger partial charge in [0.1, 0.15) is 11.6 Å². The number of para-hydroxylation sites is 1. The molecular formula is C12H16N2O3.